The van der Waals surface area contributed by atoms with Crippen LogP contribution in [0.3, 0.4) is 0 Å². The van der Waals surface area contributed by atoms with E-state index in [0.717, 1.165) is 16.8 Å². The third-order valence-electron chi connectivity index (χ3n) is 4.67. The molecule has 0 atom stereocenters. The largest absolute Gasteiger partial charge is 0.493 e. The molecule has 0 saturated heterocycles. The van der Waals surface area contributed by atoms with Crippen molar-refractivity contribution in [3.05, 3.63) is 45.5 Å². The maximum atomic E-state index is 12.9. The number of aromatic nitrogens is 3. The zero-order valence-electron chi connectivity index (χ0n) is 15.9. The fourth-order valence-electron chi connectivity index (χ4n) is 3.28. The molecule has 27 heavy (non-hydrogen) atoms. The first-order valence-electron chi connectivity index (χ1n) is 8.78. The van der Waals surface area contributed by atoms with E-state index < -0.39 is 0 Å². The lowest BCUT2D eigenvalue weighted by molar-refractivity contribution is 0.355. The van der Waals surface area contributed by atoms with Crippen LogP contribution in [-0.4, -0.2) is 28.8 Å². The van der Waals surface area contributed by atoms with Gasteiger partial charge in [-0.2, -0.15) is 5.26 Å². The van der Waals surface area contributed by atoms with Crippen LogP contribution in [0.4, 0.5) is 0 Å². The van der Waals surface area contributed by atoms with Gasteiger partial charge in [-0.05, 0) is 37.5 Å². The van der Waals surface area contributed by atoms with Gasteiger partial charge in [0.05, 0.1) is 20.3 Å². The van der Waals surface area contributed by atoms with E-state index in [2.05, 4.69) is 16.2 Å². The minimum Gasteiger partial charge on any atom is -0.493 e. The summed E-state index contributed by atoms with van der Waals surface area (Å²) in [4.78, 5) is 17.6. The van der Waals surface area contributed by atoms with Gasteiger partial charge in [-0.25, -0.2) is 9.50 Å². The molecule has 0 spiro atoms. The average Bonchev–Trinajstić information content (AvgIpc) is 3.05. The van der Waals surface area contributed by atoms with Crippen LogP contribution >= 0.6 is 0 Å². The lowest BCUT2D eigenvalue weighted by atomic mass is 10.0. The minimum absolute atomic E-state index is 0.158. The lowest BCUT2D eigenvalue weighted by Gasteiger charge is -2.10. The van der Waals surface area contributed by atoms with Gasteiger partial charge in [0.2, 0.25) is 0 Å². The first-order valence-corrected chi connectivity index (χ1v) is 8.78. The van der Waals surface area contributed by atoms with Gasteiger partial charge in [-0.1, -0.05) is 13.0 Å². The molecule has 3 aromatic rings. The van der Waals surface area contributed by atoms with Crippen molar-refractivity contribution in [3.63, 3.8) is 0 Å². The number of nitrogens with zero attached hydrogens (tertiary/aromatic N) is 3. The Labute approximate surface area is 157 Å². The quantitative estimate of drug-likeness (QED) is 0.724. The molecule has 0 aliphatic heterocycles. The van der Waals surface area contributed by atoms with Crippen molar-refractivity contribution < 1.29 is 9.47 Å². The molecule has 0 radical (unpaired) electrons. The molecule has 140 valence electrons. The highest BCUT2D eigenvalue weighted by Gasteiger charge is 2.19. The minimum atomic E-state index is -0.158. The summed E-state index contributed by atoms with van der Waals surface area (Å²) in [5.74, 6) is 1.25. The van der Waals surface area contributed by atoms with Gasteiger partial charge in [-0.3, -0.25) is 9.89 Å². The standard InChI is InChI=1S/C20H22N4O3/c1-5-15-18(13-8-9-16(26-3)17(11-13)27-4)19-22-12(2)14(7-6-10-21)20(25)24(19)23-15/h8-9,11,23H,5-7H2,1-4H3. The molecule has 7 nitrogen and oxygen atoms in total. The zero-order chi connectivity index (χ0) is 19.6. The molecule has 0 fully saturated rings. The summed E-state index contributed by atoms with van der Waals surface area (Å²) in [6, 6.07) is 7.73. The normalized spacial score (nSPS) is 10.8. The van der Waals surface area contributed by atoms with Gasteiger partial charge >= 0.3 is 0 Å². The highest BCUT2D eigenvalue weighted by atomic mass is 16.5. The number of hydrogen-bond donors (Lipinski definition) is 1. The van der Waals surface area contributed by atoms with Crippen LogP contribution < -0.4 is 15.0 Å². The van der Waals surface area contributed by atoms with Crippen LogP contribution in [0, 0.1) is 18.3 Å². The number of benzene rings is 1. The summed E-state index contributed by atoms with van der Waals surface area (Å²) in [5, 5.41) is 12.0. The van der Waals surface area contributed by atoms with Crippen molar-refractivity contribution in [2.45, 2.75) is 33.1 Å². The maximum absolute atomic E-state index is 12.9. The molecule has 3 rings (SSSR count). The molecule has 0 amide bonds. The van der Waals surface area contributed by atoms with Crippen molar-refractivity contribution in [1.29, 1.82) is 5.26 Å². The molecule has 0 aliphatic carbocycles. The highest BCUT2D eigenvalue weighted by Crippen LogP contribution is 2.35. The smallest absolute Gasteiger partial charge is 0.276 e. The lowest BCUT2D eigenvalue weighted by Crippen LogP contribution is -2.22. The first kappa shape index (κ1) is 18.5. The topological polar surface area (TPSA) is 92.4 Å². The number of ether oxygens (including phenoxy) is 2. The van der Waals surface area contributed by atoms with Gasteiger partial charge in [0.15, 0.2) is 17.1 Å². The fraction of sp³-hybridized carbons (Fsp3) is 0.350. The molecular formula is C20H22N4O3. The van der Waals surface area contributed by atoms with E-state index in [1.165, 1.54) is 4.52 Å². The monoisotopic (exact) mass is 366 g/mol. The predicted octanol–water partition coefficient (Wildman–Crippen LogP) is 3.03. The van der Waals surface area contributed by atoms with E-state index in [4.69, 9.17) is 14.7 Å². The molecule has 2 aromatic heterocycles. The summed E-state index contributed by atoms with van der Waals surface area (Å²) in [6.45, 7) is 3.83. The summed E-state index contributed by atoms with van der Waals surface area (Å²) in [7, 11) is 3.18. The molecule has 0 saturated carbocycles. The number of aromatic amines is 1. The van der Waals surface area contributed by atoms with Gasteiger partial charge in [0.25, 0.3) is 5.56 Å². The van der Waals surface area contributed by atoms with Crippen molar-refractivity contribution in [3.8, 4) is 28.7 Å². The van der Waals surface area contributed by atoms with E-state index in [1.807, 2.05) is 32.0 Å². The number of H-pyrrole nitrogens is 1. The number of nitriles is 1. The third kappa shape index (κ3) is 3.14. The predicted molar refractivity (Wildman–Crippen MR) is 102 cm³/mol. The summed E-state index contributed by atoms with van der Waals surface area (Å²) in [6.07, 6.45) is 1.38. The number of fused-ring (bicyclic) bond motifs is 1. The van der Waals surface area contributed by atoms with Crippen molar-refractivity contribution in [1.82, 2.24) is 14.6 Å². The average molecular weight is 366 g/mol. The molecule has 0 aliphatic rings. The van der Waals surface area contributed by atoms with Crippen LogP contribution in [0.1, 0.15) is 30.3 Å². The SMILES string of the molecule is CCc1[nH]n2c(=O)c(CCC#N)c(C)nc2c1-c1ccc(OC)c(OC)c1. The van der Waals surface area contributed by atoms with Crippen LogP contribution in [-0.2, 0) is 12.8 Å². The maximum Gasteiger partial charge on any atom is 0.276 e. The zero-order valence-corrected chi connectivity index (χ0v) is 15.9. The third-order valence-corrected chi connectivity index (χ3v) is 4.67. The van der Waals surface area contributed by atoms with Gasteiger partial charge in [0, 0.05) is 28.9 Å². The number of hydrogen-bond acceptors (Lipinski definition) is 5. The van der Waals surface area contributed by atoms with Crippen molar-refractivity contribution >= 4 is 5.65 Å². The first-order chi connectivity index (χ1) is 13.0. The van der Waals surface area contributed by atoms with Crippen LogP contribution in [0.2, 0.25) is 0 Å². The molecule has 1 N–H and O–H groups in total. The Morgan fingerprint density at radius 1 is 1.26 bits per heavy atom. The molecule has 7 heteroatoms. The summed E-state index contributed by atoms with van der Waals surface area (Å²) < 4.78 is 12.2. The van der Waals surface area contributed by atoms with E-state index in [-0.39, 0.29) is 12.0 Å². The number of nitrogens with one attached hydrogen (secondary N) is 1. The van der Waals surface area contributed by atoms with Crippen LogP contribution in [0.25, 0.3) is 16.8 Å². The Kier molecular flexibility index (Phi) is 5.17. The second-order valence-corrected chi connectivity index (χ2v) is 6.19. The van der Waals surface area contributed by atoms with E-state index >= 15 is 0 Å². The molecule has 0 bridgehead atoms. The van der Waals surface area contributed by atoms with E-state index in [1.54, 1.807) is 14.2 Å². The summed E-state index contributed by atoms with van der Waals surface area (Å²) in [5.41, 5.74) is 4.29. The van der Waals surface area contributed by atoms with Crippen molar-refractivity contribution in [2.75, 3.05) is 14.2 Å². The van der Waals surface area contributed by atoms with Crippen LogP contribution in [0.15, 0.2) is 23.0 Å². The fourth-order valence-corrected chi connectivity index (χ4v) is 3.28. The molecule has 0 unspecified atom stereocenters. The van der Waals surface area contributed by atoms with E-state index in [0.29, 0.717) is 41.2 Å². The van der Waals surface area contributed by atoms with Crippen molar-refractivity contribution in [2.24, 2.45) is 0 Å². The number of rotatable bonds is 6. The number of methoxy groups -OCH3 is 2. The van der Waals surface area contributed by atoms with Gasteiger partial charge in [0.1, 0.15) is 0 Å². The Balaban J connectivity index is 2.28. The van der Waals surface area contributed by atoms with Gasteiger partial charge in [-0.15, -0.1) is 0 Å². The summed E-state index contributed by atoms with van der Waals surface area (Å²) >= 11 is 0. The second-order valence-electron chi connectivity index (χ2n) is 6.19. The molecule has 2 heterocycles. The number of aryl methyl sites for hydroxylation is 2. The Bertz CT molecular complexity index is 1090. The second kappa shape index (κ2) is 7.54. The molecule has 1 aromatic carbocycles. The van der Waals surface area contributed by atoms with E-state index in [9.17, 15) is 4.79 Å². The Morgan fingerprint density at radius 2 is 2.00 bits per heavy atom. The highest BCUT2D eigenvalue weighted by molar-refractivity contribution is 5.81. The Morgan fingerprint density at radius 3 is 2.63 bits per heavy atom. The van der Waals surface area contributed by atoms with Crippen LogP contribution in [0.5, 0.6) is 11.5 Å². The van der Waals surface area contributed by atoms with Gasteiger partial charge < -0.3 is 9.47 Å². The molecular weight excluding hydrogens is 344 g/mol. The Hall–Kier alpha value is -3.27.